The summed E-state index contributed by atoms with van der Waals surface area (Å²) in [5.74, 6) is 0.288. The van der Waals surface area contributed by atoms with Crippen molar-refractivity contribution in [2.24, 2.45) is 0 Å². The van der Waals surface area contributed by atoms with Gasteiger partial charge in [0.15, 0.2) is 11.5 Å². The number of nitrogens with zero attached hydrogens (tertiary/aromatic N) is 1. The molecule has 3 rings (SSSR count). The van der Waals surface area contributed by atoms with Crippen LogP contribution >= 0.6 is 23.2 Å². The van der Waals surface area contributed by atoms with Crippen LogP contribution in [0.3, 0.4) is 0 Å². The minimum absolute atomic E-state index is 0.0699. The van der Waals surface area contributed by atoms with Gasteiger partial charge in [-0.15, -0.1) is 0 Å². The lowest BCUT2D eigenvalue weighted by atomic mass is 9.82. The van der Waals surface area contributed by atoms with Crippen molar-refractivity contribution in [3.63, 3.8) is 0 Å². The lowest BCUT2D eigenvalue weighted by Crippen LogP contribution is -2.53. The van der Waals surface area contributed by atoms with Crippen LogP contribution in [0.25, 0.3) is 0 Å². The smallest absolute Gasteiger partial charge is 0.410 e. The van der Waals surface area contributed by atoms with Gasteiger partial charge in [-0.25, -0.2) is 4.79 Å². The predicted molar refractivity (Wildman–Crippen MR) is 95.8 cm³/mol. The lowest BCUT2D eigenvalue weighted by molar-refractivity contribution is -0.0225. The molecule has 2 aliphatic heterocycles. The molecule has 1 aromatic rings. The topological polar surface area (TPSA) is 55.8 Å². The standard InChI is InChI=1S/C18H21Cl2NO4/c1-17(2,3)25-16(23)21-8-6-18(7-9-21)10-13(22)14-11(19)4-5-12(20)15(14)24-18/h4-5H,6-10H2,1-3H3. The zero-order chi connectivity index (χ0) is 18.4. The number of likely N-dealkylation sites (tertiary alicyclic amines) is 1. The van der Waals surface area contributed by atoms with Crippen molar-refractivity contribution in [3.8, 4) is 5.75 Å². The Morgan fingerprint density at radius 3 is 2.40 bits per heavy atom. The first-order valence-electron chi connectivity index (χ1n) is 8.28. The Hall–Kier alpha value is -1.46. The fourth-order valence-corrected chi connectivity index (χ4v) is 3.68. The van der Waals surface area contributed by atoms with Crippen LogP contribution in [0.1, 0.15) is 50.4 Å². The SMILES string of the molecule is CC(C)(C)OC(=O)N1CCC2(CC1)CC(=O)c1c(Cl)ccc(Cl)c1O2. The number of rotatable bonds is 0. The van der Waals surface area contributed by atoms with Crippen molar-refractivity contribution in [1.82, 2.24) is 4.90 Å². The number of halogens is 2. The molecule has 5 nitrogen and oxygen atoms in total. The van der Waals surface area contributed by atoms with Gasteiger partial charge in [-0.05, 0) is 32.9 Å². The molecule has 0 bridgehead atoms. The van der Waals surface area contributed by atoms with Gasteiger partial charge < -0.3 is 14.4 Å². The summed E-state index contributed by atoms with van der Waals surface area (Å²) >= 11 is 12.3. The normalized spacial score (nSPS) is 19.4. The summed E-state index contributed by atoms with van der Waals surface area (Å²) in [6.07, 6.45) is 0.980. The molecule has 25 heavy (non-hydrogen) atoms. The van der Waals surface area contributed by atoms with Crippen molar-refractivity contribution in [3.05, 3.63) is 27.7 Å². The van der Waals surface area contributed by atoms with E-state index in [-0.39, 0.29) is 18.3 Å². The lowest BCUT2D eigenvalue weighted by Gasteiger charge is -2.44. The van der Waals surface area contributed by atoms with E-state index < -0.39 is 11.2 Å². The predicted octanol–water partition coefficient (Wildman–Crippen LogP) is 4.73. The maximum absolute atomic E-state index is 12.6. The van der Waals surface area contributed by atoms with E-state index in [9.17, 15) is 9.59 Å². The number of hydrogen-bond acceptors (Lipinski definition) is 4. The largest absolute Gasteiger partial charge is 0.484 e. The summed E-state index contributed by atoms with van der Waals surface area (Å²) < 4.78 is 11.6. The number of ether oxygens (including phenoxy) is 2. The monoisotopic (exact) mass is 385 g/mol. The van der Waals surface area contributed by atoms with Gasteiger partial charge in [0.1, 0.15) is 11.2 Å². The van der Waals surface area contributed by atoms with Crippen LogP contribution in [0.5, 0.6) is 5.75 Å². The molecule has 0 N–H and O–H groups in total. The van der Waals surface area contributed by atoms with Crippen molar-refractivity contribution < 1.29 is 19.1 Å². The number of amides is 1. The molecular weight excluding hydrogens is 365 g/mol. The Kier molecular flexibility index (Phi) is 4.67. The molecule has 1 fully saturated rings. The first-order valence-corrected chi connectivity index (χ1v) is 9.04. The highest BCUT2D eigenvalue weighted by molar-refractivity contribution is 6.37. The highest BCUT2D eigenvalue weighted by atomic mass is 35.5. The van der Waals surface area contributed by atoms with Crippen molar-refractivity contribution in [2.75, 3.05) is 13.1 Å². The second-order valence-corrected chi connectivity index (χ2v) is 8.40. The molecule has 0 unspecified atom stereocenters. The number of benzene rings is 1. The van der Waals surface area contributed by atoms with E-state index >= 15 is 0 Å². The summed E-state index contributed by atoms with van der Waals surface area (Å²) in [6.45, 7) is 6.44. The summed E-state index contributed by atoms with van der Waals surface area (Å²) in [5, 5.41) is 0.729. The van der Waals surface area contributed by atoms with Gasteiger partial charge in [-0.3, -0.25) is 4.79 Å². The van der Waals surface area contributed by atoms with Crippen molar-refractivity contribution in [2.45, 2.75) is 51.2 Å². The van der Waals surface area contributed by atoms with E-state index in [1.807, 2.05) is 20.8 Å². The van der Waals surface area contributed by atoms with Crippen LogP contribution in [-0.4, -0.2) is 41.1 Å². The Bertz CT molecular complexity index is 719. The van der Waals surface area contributed by atoms with E-state index in [0.717, 1.165) is 0 Å². The number of hydrogen-bond donors (Lipinski definition) is 0. The highest BCUT2D eigenvalue weighted by Crippen LogP contribution is 2.45. The molecule has 0 saturated carbocycles. The third-order valence-electron chi connectivity index (χ3n) is 4.47. The van der Waals surface area contributed by atoms with Gasteiger partial charge in [-0.2, -0.15) is 0 Å². The second kappa shape index (κ2) is 6.36. The van der Waals surface area contributed by atoms with Crippen molar-refractivity contribution >= 4 is 35.1 Å². The van der Waals surface area contributed by atoms with Crippen molar-refractivity contribution in [1.29, 1.82) is 0 Å². The van der Waals surface area contributed by atoms with Gasteiger partial charge in [0, 0.05) is 25.9 Å². The summed E-state index contributed by atoms with van der Waals surface area (Å²) in [7, 11) is 0. The Morgan fingerprint density at radius 1 is 1.20 bits per heavy atom. The first-order chi connectivity index (χ1) is 11.6. The minimum Gasteiger partial charge on any atom is -0.484 e. The van der Waals surface area contributed by atoms with Gasteiger partial charge in [0.2, 0.25) is 0 Å². The van der Waals surface area contributed by atoms with Crippen LogP contribution in [0, 0.1) is 0 Å². The number of ketones is 1. The van der Waals surface area contributed by atoms with Gasteiger partial charge in [0.25, 0.3) is 0 Å². The van der Waals surface area contributed by atoms with E-state index in [0.29, 0.717) is 47.3 Å². The van der Waals surface area contributed by atoms with E-state index in [2.05, 4.69) is 0 Å². The van der Waals surface area contributed by atoms with Crippen LogP contribution in [0.4, 0.5) is 4.79 Å². The molecular formula is C18H21Cl2NO4. The molecule has 136 valence electrons. The van der Waals surface area contributed by atoms with Crippen LogP contribution < -0.4 is 4.74 Å². The average Bonchev–Trinajstić information content (AvgIpc) is 2.49. The Morgan fingerprint density at radius 2 is 1.80 bits per heavy atom. The van der Waals surface area contributed by atoms with Gasteiger partial charge in [-0.1, -0.05) is 23.2 Å². The Labute approximate surface area is 157 Å². The number of carbonyl (C=O) groups is 2. The van der Waals surface area contributed by atoms with E-state index in [1.54, 1.807) is 17.0 Å². The molecule has 0 aromatic heterocycles. The fourth-order valence-electron chi connectivity index (χ4n) is 3.23. The molecule has 1 amide bonds. The van der Waals surface area contributed by atoms with Gasteiger partial charge in [0.05, 0.1) is 22.0 Å². The second-order valence-electron chi connectivity index (χ2n) is 7.59. The quantitative estimate of drug-likeness (QED) is 0.647. The summed E-state index contributed by atoms with van der Waals surface area (Å²) in [6, 6.07) is 3.23. The molecule has 1 aromatic carbocycles. The molecule has 2 heterocycles. The van der Waals surface area contributed by atoms with E-state index in [4.69, 9.17) is 32.7 Å². The maximum Gasteiger partial charge on any atom is 0.410 e. The molecule has 2 aliphatic rings. The number of Topliss-reactive ketones (excluding diaryl/α,β-unsaturated/α-hetero) is 1. The van der Waals surface area contributed by atoms with Gasteiger partial charge >= 0.3 is 6.09 Å². The maximum atomic E-state index is 12.6. The zero-order valence-corrected chi connectivity index (χ0v) is 16.0. The first kappa shape index (κ1) is 18.3. The fraction of sp³-hybridized carbons (Fsp3) is 0.556. The van der Waals surface area contributed by atoms with E-state index in [1.165, 1.54) is 0 Å². The summed E-state index contributed by atoms with van der Waals surface area (Å²) in [5.41, 5.74) is -0.821. The molecule has 7 heteroatoms. The molecule has 1 spiro atoms. The molecule has 0 aliphatic carbocycles. The zero-order valence-electron chi connectivity index (χ0n) is 14.5. The van der Waals surface area contributed by atoms with Crippen LogP contribution in [0.15, 0.2) is 12.1 Å². The third kappa shape index (κ3) is 3.72. The minimum atomic E-state index is -0.642. The van der Waals surface area contributed by atoms with Crippen LogP contribution in [0.2, 0.25) is 10.0 Å². The third-order valence-corrected chi connectivity index (χ3v) is 5.08. The highest BCUT2D eigenvalue weighted by Gasteiger charge is 2.45. The summed E-state index contributed by atoms with van der Waals surface area (Å²) in [4.78, 5) is 26.5. The number of fused-ring (bicyclic) bond motifs is 1. The number of carbonyl (C=O) groups excluding carboxylic acids is 2. The molecule has 1 saturated heterocycles. The number of piperidine rings is 1. The average molecular weight is 386 g/mol. The Balaban J connectivity index is 1.75. The molecule has 0 radical (unpaired) electrons. The van der Waals surface area contributed by atoms with Crippen LogP contribution in [-0.2, 0) is 4.74 Å². The molecule has 0 atom stereocenters.